The van der Waals surface area contributed by atoms with Crippen LogP contribution in [0.1, 0.15) is 30.0 Å². The lowest BCUT2D eigenvalue weighted by molar-refractivity contribution is -0.0442. The molecule has 1 saturated heterocycles. The highest BCUT2D eigenvalue weighted by molar-refractivity contribution is 5.36. The van der Waals surface area contributed by atoms with Crippen LogP contribution in [0.4, 0.5) is 0 Å². The van der Waals surface area contributed by atoms with E-state index in [0.29, 0.717) is 12.5 Å². The number of aryl methyl sites for hydroxylation is 2. The van der Waals surface area contributed by atoms with Crippen molar-refractivity contribution in [3.05, 3.63) is 34.9 Å². The van der Waals surface area contributed by atoms with E-state index in [1.165, 1.54) is 16.7 Å². The van der Waals surface area contributed by atoms with E-state index in [-0.39, 0.29) is 5.41 Å². The Balaban J connectivity index is 2.25. The number of hydrogen-bond acceptors (Lipinski definition) is 2. The fourth-order valence-electron chi connectivity index (χ4n) is 2.83. The van der Waals surface area contributed by atoms with Crippen molar-refractivity contribution in [2.45, 2.75) is 32.6 Å². The van der Waals surface area contributed by atoms with E-state index < -0.39 is 0 Å². The van der Waals surface area contributed by atoms with Gasteiger partial charge in [0, 0.05) is 17.9 Å². The smallest absolute Gasteiger partial charge is 0.0516 e. The van der Waals surface area contributed by atoms with E-state index in [0.717, 1.165) is 19.6 Å². The highest BCUT2D eigenvalue weighted by atomic mass is 16.5. The van der Waals surface area contributed by atoms with E-state index in [9.17, 15) is 0 Å². The second kappa shape index (κ2) is 4.79. The average Bonchev–Trinajstić information content (AvgIpc) is 2.23. The van der Waals surface area contributed by atoms with Crippen molar-refractivity contribution >= 4 is 0 Å². The van der Waals surface area contributed by atoms with Crippen LogP contribution >= 0.6 is 0 Å². The number of hydrogen-bond donors (Lipinski definition) is 1. The van der Waals surface area contributed by atoms with E-state index in [2.05, 4.69) is 39.0 Å². The van der Waals surface area contributed by atoms with Crippen LogP contribution in [0.2, 0.25) is 0 Å². The molecule has 0 aromatic heterocycles. The van der Waals surface area contributed by atoms with Crippen molar-refractivity contribution in [2.24, 2.45) is 11.7 Å². The van der Waals surface area contributed by atoms with E-state index in [4.69, 9.17) is 10.5 Å². The van der Waals surface area contributed by atoms with Gasteiger partial charge in [0.05, 0.1) is 13.2 Å². The Labute approximate surface area is 104 Å². The van der Waals surface area contributed by atoms with Crippen LogP contribution in [0.15, 0.2) is 18.2 Å². The SMILES string of the molecule is Cc1ccc(C(C)(CN)CC2COC2)c(C)c1. The second-order valence-electron chi connectivity index (χ2n) is 5.69. The van der Waals surface area contributed by atoms with Gasteiger partial charge in [-0.25, -0.2) is 0 Å². The maximum Gasteiger partial charge on any atom is 0.0516 e. The molecule has 1 fully saturated rings. The Morgan fingerprint density at radius 1 is 1.35 bits per heavy atom. The third kappa shape index (κ3) is 2.53. The predicted molar refractivity (Wildman–Crippen MR) is 71.2 cm³/mol. The molecule has 2 rings (SSSR count). The molecule has 0 radical (unpaired) electrons. The van der Waals surface area contributed by atoms with Gasteiger partial charge >= 0.3 is 0 Å². The Kier molecular flexibility index (Phi) is 3.55. The van der Waals surface area contributed by atoms with Crippen molar-refractivity contribution < 1.29 is 4.74 Å². The summed E-state index contributed by atoms with van der Waals surface area (Å²) in [5.41, 5.74) is 10.2. The lowest BCUT2D eigenvalue weighted by Gasteiger charge is -2.37. The molecule has 17 heavy (non-hydrogen) atoms. The summed E-state index contributed by atoms with van der Waals surface area (Å²) >= 11 is 0. The minimum Gasteiger partial charge on any atom is -0.381 e. The molecular weight excluding hydrogens is 210 g/mol. The average molecular weight is 233 g/mol. The highest BCUT2D eigenvalue weighted by Gasteiger charge is 2.32. The van der Waals surface area contributed by atoms with Crippen LogP contribution in [-0.2, 0) is 10.2 Å². The normalized spacial score (nSPS) is 19.8. The molecule has 1 aliphatic rings. The molecule has 1 aliphatic heterocycles. The summed E-state index contributed by atoms with van der Waals surface area (Å²) in [6.45, 7) is 9.11. The maximum absolute atomic E-state index is 6.03. The van der Waals surface area contributed by atoms with Gasteiger partial charge in [0.1, 0.15) is 0 Å². The molecule has 0 amide bonds. The van der Waals surface area contributed by atoms with Crippen LogP contribution in [0.25, 0.3) is 0 Å². The lowest BCUT2D eigenvalue weighted by atomic mass is 9.73. The molecule has 1 heterocycles. The monoisotopic (exact) mass is 233 g/mol. The Morgan fingerprint density at radius 3 is 2.53 bits per heavy atom. The minimum atomic E-state index is 0.0895. The van der Waals surface area contributed by atoms with Crippen LogP contribution in [0.5, 0.6) is 0 Å². The summed E-state index contributed by atoms with van der Waals surface area (Å²) in [6.07, 6.45) is 1.13. The van der Waals surface area contributed by atoms with Gasteiger partial charge in [-0.3, -0.25) is 0 Å². The molecule has 2 heteroatoms. The highest BCUT2D eigenvalue weighted by Crippen LogP contribution is 2.34. The Bertz CT molecular complexity index is 398. The quantitative estimate of drug-likeness (QED) is 0.867. The molecule has 1 aromatic carbocycles. The largest absolute Gasteiger partial charge is 0.381 e. The van der Waals surface area contributed by atoms with Gasteiger partial charge in [0.25, 0.3) is 0 Å². The third-order valence-electron chi connectivity index (χ3n) is 3.93. The number of nitrogens with two attached hydrogens (primary N) is 1. The molecule has 0 aliphatic carbocycles. The molecule has 0 spiro atoms. The zero-order valence-electron chi connectivity index (χ0n) is 11.1. The number of benzene rings is 1. The van der Waals surface area contributed by atoms with E-state index >= 15 is 0 Å². The Morgan fingerprint density at radius 2 is 2.06 bits per heavy atom. The third-order valence-corrected chi connectivity index (χ3v) is 3.93. The number of ether oxygens (including phenoxy) is 1. The topological polar surface area (TPSA) is 35.2 Å². The van der Waals surface area contributed by atoms with Crippen molar-refractivity contribution in [3.63, 3.8) is 0 Å². The Hall–Kier alpha value is -0.860. The van der Waals surface area contributed by atoms with Gasteiger partial charge < -0.3 is 10.5 Å². The van der Waals surface area contributed by atoms with Gasteiger partial charge in [-0.15, -0.1) is 0 Å². The van der Waals surface area contributed by atoms with Crippen LogP contribution < -0.4 is 5.73 Å². The summed E-state index contributed by atoms with van der Waals surface area (Å²) in [7, 11) is 0. The van der Waals surface area contributed by atoms with Gasteiger partial charge in [-0.05, 0) is 31.4 Å². The van der Waals surface area contributed by atoms with E-state index in [1.807, 2.05) is 0 Å². The summed E-state index contributed by atoms with van der Waals surface area (Å²) in [6, 6.07) is 6.69. The molecule has 1 atom stereocenters. The first kappa shape index (κ1) is 12.6. The first-order valence-corrected chi connectivity index (χ1v) is 6.41. The fourth-order valence-corrected chi connectivity index (χ4v) is 2.83. The first-order valence-electron chi connectivity index (χ1n) is 6.41. The molecule has 2 nitrogen and oxygen atoms in total. The van der Waals surface area contributed by atoms with E-state index in [1.54, 1.807) is 0 Å². The minimum absolute atomic E-state index is 0.0895. The van der Waals surface area contributed by atoms with Crippen LogP contribution in [-0.4, -0.2) is 19.8 Å². The first-order chi connectivity index (χ1) is 8.05. The summed E-state index contributed by atoms with van der Waals surface area (Å²) < 4.78 is 5.27. The summed E-state index contributed by atoms with van der Waals surface area (Å²) in [4.78, 5) is 0. The summed E-state index contributed by atoms with van der Waals surface area (Å²) in [5, 5.41) is 0. The second-order valence-corrected chi connectivity index (χ2v) is 5.69. The summed E-state index contributed by atoms with van der Waals surface area (Å²) in [5.74, 6) is 0.684. The zero-order chi connectivity index (χ0) is 12.5. The predicted octanol–water partition coefficient (Wildman–Crippen LogP) is 2.56. The molecule has 94 valence electrons. The molecular formula is C15H23NO. The van der Waals surface area contributed by atoms with Crippen molar-refractivity contribution in [3.8, 4) is 0 Å². The standard InChI is InChI=1S/C15H23NO/c1-11-4-5-14(12(2)6-11)15(3,10-16)7-13-8-17-9-13/h4-6,13H,7-10,16H2,1-3H3. The van der Waals surface area contributed by atoms with Crippen molar-refractivity contribution in [1.82, 2.24) is 0 Å². The molecule has 0 bridgehead atoms. The molecule has 1 unspecified atom stereocenters. The fraction of sp³-hybridized carbons (Fsp3) is 0.600. The van der Waals surface area contributed by atoms with Gasteiger partial charge in [0.2, 0.25) is 0 Å². The van der Waals surface area contributed by atoms with Gasteiger partial charge in [-0.1, -0.05) is 30.7 Å². The van der Waals surface area contributed by atoms with Crippen molar-refractivity contribution in [1.29, 1.82) is 0 Å². The maximum atomic E-state index is 6.03. The van der Waals surface area contributed by atoms with Crippen LogP contribution in [0.3, 0.4) is 0 Å². The molecule has 2 N–H and O–H groups in total. The lowest BCUT2D eigenvalue weighted by Crippen LogP contribution is -2.40. The van der Waals surface area contributed by atoms with Gasteiger partial charge in [-0.2, -0.15) is 0 Å². The zero-order valence-corrected chi connectivity index (χ0v) is 11.1. The van der Waals surface area contributed by atoms with Gasteiger partial charge in [0.15, 0.2) is 0 Å². The molecule has 0 saturated carbocycles. The number of rotatable bonds is 4. The molecule has 1 aromatic rings. The van der Waals surface area contributed by atoms with Crippen molar-refractivity contribution in [2.75, 3.05) is 19.8 Å². The van der Waals surface area contributed by atoms with Crippen LogP contribution in [0, 0.1) is 19.8 Å².